The van der Waals surface area contributed by atoms with Crippen molar-refractivity contribution in [1.82, 2.24) is 0 Å². The maximum Gasteiger partial charge on any atom is 0.486 e. The highest BCUT2D eigenvalue weighted by molar-refractivity contribution is 6.76. The van der Waals surface area contributed by atoms with Crippen molar-refractivity contribution in [3.05, 3.63) is 47.8 Å². The molecule has 152 valence electrons. The van der Waals surface area contributed by atoms with Crippen molar-refractivity contribution in [1.29, 1.82) is 0 Å². The van der Waals surface area contributed by atoms with Gasteiger partial charge in [0.15, 0.2) is 0 Å². The average Bonchev–Trinajstić information content (AvgIpc) is 2.87. The standard InChI is InChI=1S/C23H32B2N2O2/c1-6-7-8-13-18(16-24-28-22(2,3)23(4,5)29-24)25-26-19-14-9-11-17-12-10-15-20(27-25)21(17)19/h9-12,14-16,26-27H,6-8,13H2,1-5H3/b18-16-. The van der Waals surface area contributed by atoms with E-state index in [1.54, 1.807) is 0 Å². The van der Waals surface area contributed by atoms with Gasteiger partial charge in [-0.25, -0.2) is 0 Å². The molecule has 0 saturated carbocycles. The first-order chi connectivity index (χ1) is 13.8. The van der Waals surface area contributed by atoms with Gasteiger partial charge in [-0.1, -0.05) is 61.9 Å². The third kappa shape index (κ3) is 3.93. The molecule has 29 heavy (non-hydrogen) atoms. The molecule has 4 nitrogen and oxygen atoms in total. The maximum atomic E-state index is 6.26. The predicted octanol–water partition coefficient (Wildman–Crippen LogP) is 5.84. The molecule has 0 aromatic heterocycles. The summed E-state index contributed by atoms with van der Waals surface area (Å²) in [5.74, 6) is 2.19. The summed E-state index contributed by atoms with van der Waals surface area (Å²) in [5.41, 5.74) is 3.00. The van der Waals surface area contributed by atoms with Crippen molar-refractivity contribution in [2.45, 2.75) is 71.5 Å². The van der Waals surface area contributed by atoms with Gasteiger partial charge < -0.3 is 19.8 Å². The van der Waals surface area contributed by atoms with Crippen molar-refractivity contribution in [3.63, 3.8) is 0 Å². The van der Waals surface area contributed by atoms with Crippen LogP contribution in [0.15, 0.2) is 47.8 Å². The molecule has 0 aliphatic carbocycles. The van der Waals surface area contributed by atoms with Crippen molar-refractivity contribution in [2.75, 3.05) is 10.5 Å². The lowest BCUT2D eigenvalue weighted by atomic mass is 9.60. The van der Waals surface area contributed by atoms with Gasteiger partial charge in [0.25, 0.3) is 0 Å². The van der Waals surface area contributed by atoms with Crippen LogP contribution in [-0.4, -0.2) is 25.3 Å². The van der Waals surface area contributed by atoms with Gasteiger partial charge in [-0.05, 0) is 51.6 Å². The number of hydrogen-bond acceptors (Lipinski definition) is 4. The zero-order valence-electron chi connectivity index (χ0n) is 18.3. The van der Waals surface area contributed by atoms with Gasteiger partial charge in [0.1, 0.15) is 0 Å². The summed E-state index contributed by atoms with van der Waals surface area (Å²) >= 11 is 0. The van der Waals surface area contributed by atoms with Crippen LogP contribution < -0.4 is 10.5 Å². The van der Waals surface area contributed by atoms with Crippen LogP contribution in [0.4, 0.5) is 11.4 Å². The molecule has 2 heterocycles. The second-order valence-electron chi connectivity index (χ2n) is 9.25. The molecule has 2 N–H and O–H groups in total. The number of benzene rings is 2. The fourth-order valence-electron chi connectivity index (χ4n) is 4.15. The van der Waals surface area contributed by atoms with E-state index in [1.165, 1.54) is 40.5 Å². The van der Waals surface area contributed by atoms with E-state index in [4.69, 9.17) is 9.31 Å². The van der Waals surface area contributed by atoms with Crippen molar-refractivity contribution >= 4 is 36.2 Å². The van der Waals surface area contributed by atoms with Crippen LogP contribution in [0.3, 0.4) is 0 Å². The molecular weight excluding hydrogens is 358 g/mol. The van der Waals surface area contributed by atoms with Crippen LogP contribution in [0.1, 0.15) is 60.3 Å². The summed E-state index contributed by atoms with van der Waals surface area (Å²) in [7, 11) is -0.326. The molecule has 0 unspecified atom stereocenters. The third-order valence-electron chi connectivity index (χ3n) is 6.57. The van der Waals surface area contributed by atoms with Crippen LogP contribution in [0, 0.1) is 0 Å². The summed E-state index contributed by atoms with van der Waals surface area (Å²) < 4.78 is 12.5. The first-order valence-corrected chi connectivity index (χ1v) is 10.9. The quantitative estimate of drug-likeness (QED) is 0.480. The Kier molecular flexibility index (Phi) is 5.43. The zero-order valence-corrected chi connectivity index (χ0v) is 18.3. The molecule has 1 fully saturated rings. The second-order valence-corrected chi connectivity index (χ2v) is 9.25. The Morgan fingerprint density at radius 3 is 2.07 bits per heavy atom. The molecule has 1 saturated heterocycles. The number of nitrogens with one attached hydrogen (secondary N) is 2. The normalized spacial score (nSPS) is 20.0. The minimum absolute atomic E-state index is 0.0337. The van der Waals surface area contributed by atoms with Gasteiger partial charge in [-0.15, -0.1) is 0 Å². The largest absolute Gasteiger partial charge is 0.486 e. The van der Waals surface area contributed by atoms with Crippen LogP contribution in [-0.2, 0) is 9.31 Å². The van der Waals surface area contributed by atoms with E-state index < -0.39 is 0 Å². The van der Waals surface area contributed by atoms with E-state index in [9.17, 15) is 0 Å². The monoisotopic (exact) mass is 390 g/mol. The number of hydrogen-bond donors (Lipinski definition) is 2. The summed E-state index contributed by atoms with van der Waals surface area (Å²) in [6.07, 6.45) is 4.60. The lowest BCUT2D eigenvalue weighted by Crippen LogP contribution is -2.41. The number of allylic oxidation sites excluding steroid dienone is 1. The Bertz CT molecular complexity index is 869. The predicted molar refractivity (Wildman–Crippen MR) is 125 cm³/mol. The molecule has 0 amide bonds. The van der Waals surface area contributed by atoms with E-state index in [0.29, 0.717) is 0 Å². The highest BCUT2D eigenvalue weighted by atomic mass is 16.7. The zero-order chi connectivity index (χ0) is 20.6. The number of rotatable bonds is 6. The summed E-state index contributed by atoms with van der Waals surface area (Å²) in [4.78, 5) is 0. The molecule has 0 bridgehead atoms. The van der Waals surface area contributed by atoms with Gasteiger partial charge in [0.05, 0.1) is 11.2 Å². The average molecular weight is 390 g/mol. The summed E-state index contributed by atoms with van der Waals surface area (Å²) in [6, 6.07) is 12.9. The Hall–Kier alpha value is -1.91. The highest BCUT2D eigenvalue weighted by Gasteiger charge is 2.50. The van der Waals surface area contributed by atoms with Crippen LogP contribution in [0.25, 0.3) is 10.8 Å². The smallest absolute Gasteiger partial charge is 0.405 e. The first kappa shape index (κ1) is 20.4. The molecule has 4 rings (SSSR count). The van der Waals surface area contributed by atoms with E-state index in [2.05, 4.69) is 87.4 Å². The molecule has 0 radical (unpaired) electrons. The topological polar surface area (TPSA) is 42.5 Å². The van der Waals surface area contributed by atoms with Crippen LogP contribution in [0.2, 0.25) is 0 Å². The van der Waals surface area contributed by atoms with Crippen molar-refractivity contribution in [3.8, 4) is 0 Å². The van der Waals surface area contributed by atoms with Gasteiger partial charge in [-0.3, -0.25) is 0 Å². The van der Waals surface area contributed by atoms with Gasteiger partial charge >= 0.3 is 14.1 Å². The Balaban J connectivity index is 1.63. The van der Waals surface area contributed by atoms with Crippen molar-refractivity contribution in [2.24, 2.45) is 0 Å². The maximum absolute atomic E-state index is 6.26. The molecular formula is C23H32B2N2O2. The second kappa shape index (κ2) is 7.73. The van der Waals surface area contributed by atoms with Crippen LogP contribution >= 0.6 is 0 Å². The molecule has 2 aliphatic rings. The molecule has 2 aromatic rings. The lowest BCUT2D eigenvalue weighted by Gasteiger charge is -2.32. The minimum Gasteiger partial charge on any atom is -0.405 e. The lowest BCUT2D eigenvalue weighted by molar-refractivity contribution is 0.00578. The Labute approximate surface area is 175 Å². The summed E-state index contributed by atoms with van der Waals surface area (Å²) in [5, 5.41) is 9.94. The Morgan fingerprint density at radius 2 is 1.52 bits per heavy atom. The van der Waals surface area contributed by atoms with Gasteiger partial charge in [-0.2, -0.15) is 0 Å². The molecule has 2 aromatic carbocycles. The Morgan fingerprint density at radius 1 is 0.931 bits per heavy atom. The van der Waals surface area contributed by atoms with E-state index in [-0.39, 0.29) is 25.3 Å². The number of anilines is 2. The fourth-order valence-corrected chi connectivity index (χ4v) is 4.15. The fraction of sp³-hybridized carbons (Fsp3) is 0.478. The molecule has 2 aliphatic heterocycles. The minimum atomic E-state index is -0.326. The first-order valence-electron chi connectivity index (χ1n) is 10.9. The van der Waals surface area contributed by atoms with E-state index in [1.807, 2.05) is 0 Å². The number of unbranched alkanes of at least 4 members (excludes halogenated alkanes) is 2. The van der Waals surface area contributed by atoms with E-state index >= 15 is 0 Å². The van der Waals surface area contributed by atoms with Crippen molar-refractivity contribution < 1.29 is 9.31 Å². The SMILES string of the molecule is CCCCC/C(=C/B1OC(C)(C)C(C)(C)O1)B1Nc2cccc3cccc(c23)N1. The van der Waals surface area contributed by atoms with Gasteiger partial charge in [0.2, 0.25) is 0 Å². The molecule has 6 heteroatoms. The van der Waals surface area contributed by atoms with E-state index in [0.717, 1.165) is 12.8 Å². The highest BCUT2D eigenvalue weighted by Crippen LogP contribution is 2.39. The summed E-state index contributed by atoms with van der Waals surface area (Å²) in [6.45, 7) is 10.7. The molecule has 0 atom stereocenters. The van der Waals surface area contributed by atoms with Gasteiger partial charge in [0, 0.05) is 16.8 Å². The molecule has 0 spiro atoms. The third-order valence-corrected chi connectivity index (χ3v) is 6.57. The van der Waals surface area contributed by atoms with Crippen LogP contribution in [0.5, 0.6) is 0 Å².